The van der Waals surface area contributed by atoms with E-state index in [1.54, 1.807) is 24.3 Å². The van der Waals surface area contributed by atoms with Crippen LogP contribution < -0.4 is 5.32 Å². The van der Waals surface area contributed by atoms with Gasteiger partial charge in [-0.05, 0) is 48.7 Å². The van der Waals surface area contributed by atoms with Gasteiger partial charge in [0, 0.05) is 10.7 Å². The van der Waals surface area contributed by atoms with Crippen molar-refractivity contribution in [1.82, 2.24) is 4.90 Å². The van der Waals surface area contributed by atoms with Gasteiger partial charge in [0.05, 0.1) is 21.2 Å². The Morgan fingerprint density at radius 3 is 1.93 bits per heavy atom. The fourth-order valence-electron chi connectivity index (χ4n) is 3.07. The van der Waals surface area contributed by atoms with Gasteiger partial charge < -0.3 is 5.32 Å². The highest BCUT2D eigenvalue weighted by Gasteiger charge is 2.43. The Labute approximate surface area is 177 Å². The third kappa shape index (κ3) is 4.02. The van der Waals surface area contributed by atoms with Crippen LogP contribution in [0.2, 0.25) is 15.1 Å². The number of benzene rings is 2. The van der Waals surface area contributed by atoms with Crippen LogP contribution in [0, 0.1) is 5.92 Å². The molecule has 8 heteroatoms. The Morgan fingerprint density at radius 1 is 0.964 bits per heavy atom. The van der Waals surface area contributed by atoms with E-state index in [9.17, 15) is 14.4 Å². The monoisotopic (exact) mass is 438 g/mol. The molecule has 0 radical (unpaired) electrons. The smallest absolute Gasteiger partial charge is 0.262 e. The highest BCUT2D eigenvalue weighted by Crippen LogP contribution is 2.33. The van der Waals surface area contributed by atoms with Crippen molar-refractivity contribution >= 4 is 58.2 Å². The summed E-state index contributed by atoms with van der Waals surface area (Å²) in [5, 5.41) is 3.63. The zero-order valence-corrected chi connectivity index (χ0v) is 17.4. The molecule has 0 saturated carbocycles. The molecule has 1 aliphatic rings. The predicted molar refractivity (Wildman–Crippen MR) is 110 cm³/mol. The maximum Gasteiger partial charge on any atom is 0.262 e. The number of hydrogen-bond donors (Lipinski definition) is 1. The number of nitrogens with one attached hydrogen (secondary N) is 1. The summed E-state index contributed by atoms with van der Waals surface area (Å²) in [6.07, 6.45) is 0.312. The van der Waals surface area contributed by atoms with E-state index in [2.05, 4.69) is 5.32 Å². The first-order valence-corrected chi connectivity index (χ1v) is 9.75. The second kappa shape index (κ2) is 8.11. The van der Waals surface area contributed by atoms with Gasteiger partial charge in [-0.2, -0.15) is 0 Å². The summed E-state index contributed by atoms with van der Waals surface area (Å²) < 4.78 is 0. The van der Waals surface area contributed by atoms with E-state index in [1.165, 1.54) is 12.1 Å². The normalized spacial score (nSPS) is 14.4. The van der Waals surface area contributed by atoms with Crippen molar-refractivity contribution in [2.24, 2.45) is 5.92 Å². The van der Waals surface area contributed by atoms with Gasteiger partial charge in [0.2, 0.25) is 5.91 Å². The lowest BCUT2D eigenvalue weighted by atomic mass is 10.0. The van der Waals surface area contributed by atoms with Crippen molar-refractivity contribution in [3.63, 3.8) is 0 Å². The van der Waals surface area contributed by atoms with Crippen molar-refractivity contribution in [2.75, 3.05) is 5.32 Å². The molecule has 1 atom stereocenters. The number of fused-ring (bicyclic) bond motifs is 1. The van der Waals surface area contributed by atoms with Crippen molar-refractivity contribution < 1.29 is 14.4 Å². The molecule has 3 rings (SSSR count). The zero-order chi connectivity index (χ0) is 20.6. The molecule has 146 valence electrons. The Kier molecular flexibility index (Phi) is 5.98. The Bertz CT molecular complexity index is 917. The van der Waals surface area contributed by atoms with E-state index in [1.807, 2.05) is 13.8 Å². The zero-order valence-electron chi connectivity index (χ0n) is 15.1. The van der Waals surface area contributed by atoms with Crippen LogP contribution in [-0.2, 0) is 4.79 Å². The molecule has 0 fully saturated rings. The third-order valence-electron chi connectivity index (χ3n) is 4.38. The van der Waals surface area contributed by atoms with Crippen molar-refractivity contribution in [3.8, 4) is 0 Å². The average Bonchev–Trinajstić information content (AvgIpc) is 2.86. The number of anilines is 1. The summed E-state index contributed by atoms with van der Waals surface area (Å²) in [6.45, 7) is 3.82. The van der Waals surface area contributed by atoms with E-state index in [-0.39, 0.29) is 27.1 Å². The van der Waals surface area contributed by atoms with Gasteiger partial charge in [0.1, 0.15) is 6.04 Å². The number of carbonyl (C=O) groups excluding carboxylic acids is 3. The Balaban J connectivity index is 1.93. The van der Waals surface area contributed by atoms with Gasteiger partial charge in [-0.25, -0.2) is 0 Å². The molecule has 1 heterocycles. The maximum absolute atomic E-state index is 13.0. The average molecular weight is 440 g/mol. The number of imide groups is 1. The van der Waals surface area contributed by atoms with E-state index >= 15 is 0 Å². The fourth-order valence-corrected chi connectivity index (χ4v) is 3.52. The molecule has 0 aromatic heterocycles. The molecule has 0 aliphatic carbocycles. The summed E-state index contributed by atoms with van der Waals surface area (Å²) in [5.74, 6) is -1.51. The molecular formula is C20H17Cl3N2O3. The molecule has 1 N–H and O–H groups in total. The van der Waals surface area contributed by atoms with Gasteiger partial charge in [-0.1, -0.05) is 48.7 Å². The first-order valence-electron chi connectivity index (χ1n) is 8.62. The number of halogens is 3. The van der Waals surface area contributed by atoms with Crippen LogP contribution in [0.4, 0.5) is 5.69 Å². The van der Waals surface area contributed by atoms with Crippen LogP contribution in [0.15, 0.2) is 36.4 Å². The number of hydrogen-bond acceptors (Lipinski definition) is 3. The highest BCUT2D eigenvalue weighted by molar-refractivity contribution is 6.43. The van der Waals surface area contributed by atoms with Crippen molar-refractivity contribution in [3.05, 3.63) is 62.6 Å². The lowest BCUT2D eigenvalue weighted by Crippen LogP contribution is -2.47. The standard InChI is InChI=1S/C20H17Cl3N2O3/c1-10(2)7-17(18(26)24-12-5-3-11(21)4-6-12)25-19(27)13-8-15(22)16(23)9-14(13)20(25)28/h3-6,8-10,17H,7H2,1-2H3,(H,24,26). The van der Waals surface area contributed by atoms with Crippen LogP contribution in [-0.4, -0.2) is 28.7 Å². The molecule has 1 aliphatic heterocycles. The van der Waals surface area contributed by atoms with Gasteiger partial charge in [0.15, 0.2) is 0 Å². The predicted octanol–water partition coefficient (Wildman–Crippen LogP) is 5.30. The van der Waals surface area contributed by atoms with E-state index in [0.29, 0.717) is 17.1 Å². The van der Waals surface area contributed by atoms with Crippen molar-refractivity contribution in [2.45, 2.75) is 26.3 Å². The summed E-state index contributed by atoms with van der Waals surface area (Å²) in [6, 6.07) is 8.33. The summed E-state index contributed by atoms with van der Waals surface area (Å²) >= 11 is 17.9. The molecule has 0 saturated heterocycles. The molecule has 2 aromatic rings. The molecule has 3 amide bonds. The fraction of sp³-hybridized carbons (Fsp3) is 0.250. The van der Waals surface area contributed by atoms with Crippen molar-refractivity contribution in [1.29, 1.82) is 0 Å². The van der Waals surface area contributed by atoms with Gasteiger partial charge >= 0.3 is 0 Å². The molecule has 2 aromatic carbocycles. The minimum Gasteiger partial charge on any atom is -0.324 e. The van der Waals surface area contributed by atoms with E-state index < -0.39 is 23.8 Å². The largest absolute Gasteiger partial charge is 0.324 e. The minimum atomic E-state index is -0.972. The van der Waals surface area contributed by atoms with Crippen LogP contribution in [0.25, 0.3) is 0 Å². The second-order valence-electron chi connectivity index (χ2n) is 6.93. The first-order chi connectivity index (χ1) is 13.2. The molecular weight excluding hydrogens is 423 g/mol. The second-order valence-corrected chi connectivity index (χ2v) is 8.18. The number of rotatable bonds is 5. The third-order valence-corrected chi connectivity index (χ3v) is 5.35. The lowest BCUT2D eigenvalue weighted by Gasteiger charge is -2.26. The van der Waals surface area contributed by atoms with Crippen LogP contribution in [0.1, 0.15) is 41.0 Å². The van der Waals surface area contributed by atoms with E-state index in [0.717, 1.165) is 4.90 Å². The van der Waals surface area contributed by atoms with Crippen LogP contribution in [0.3, 0.4) is 0 Å². The van der Waals surface area contributed by atoms with Gasteiger partial charge in [-0.3, -0.25) is 19.3 Å². The number of amides is 3. The topological polar surface area (TPSA) is 66.5 Å². The summed E-state index contributed by atoms with van der Waals surface area (Å²) in [5.41, 5.74) is 0.811. The molecule has 5 nitrogen and oxygen atoms in total. The number of nitrogens with zero attached hydrogens (tertiary/aromatic N) is 1. The first kappa shape index (κ1) is 20.6. The molecule has 0 bridgehead atoms. The van der Waals surface area contributed by atoms with Gasteiger partial charge in [0.25, 0.3) is 11.8 Å². The summed E-state index contributed by atoms with van der Waals surface area (Å²) in [4.78, 5) is 39.7. The SMILES string of the molecule is CC(C)CC(C(=O)Nc1ccc(Cl)cc1)N1C(=O)c2cc(Cl)c(Cl)cc2C1=O. The maximum atomic E-state index is 13.0. The minimum absolute atomic E-state index is 0.0671. The molecule has 1 unspecified atom stereocenters. The highest BCUT2D eigenvalue weighted by atomic mass is 35.5. The molecule has 0 spiro atoms. The van der Waals surface area contributed by atoms with Crippen LogP contribution in [0.5, 0.6) is 0 Å². The molecule has 28 heavy (non-hydrogen) atoms. The van der Waals surface area contributed by atoms with Crippen LogP contribution >= 0.6 is 34.8 Å². The Morgan fingerprint density at radius 2 is 1.46 bits per heavy atom. The van der Waals surface area contributed by atoms with Gasteiger partial charge in [-0.15, -0.1) is 0 Å². The Hall–Kier alpha value is -2.08. The quantitative estimate of drug-likeness (QED) is 0.643. The summed E-state index contributed by atoms with van der Waals surface area (Å²) in [7, 11) is 0. The van der Waals surface area contributed by atoms with E-state index in [4.69, 9.17) is 34.8 Å². The number of carbonyl (C=O) groups is 3. The lowest BCUT2D eigenvalue weighted by molar-refractivity contribution is -0.120.